The first kappa shape index (κ1) is 17.7. The van der Waals surface area contributed by atoms with E-state index in [4.69, 9.17) is 19.1 Å². The van der Waals surface area contributed by atoms with Crippen molar-refractivity contribution in [1.82, 2.24) is 0 Å². The molecule has 0 aliphatic heterocycles. The van der Waals surface area contributed by atoms with Gasteiger partial charge >= 0.3 is 35.0 Å². The molecule has 17 heavy (non-hydrogen) atoms. The van der Waals surface area contributed by atoms with E-state index in [1.54, 1.807) is 0 Å². The number of anilines is 1. The Morgan fingerprint density at radius 2 is 1.47 bits per heavy atom. The van der Waals surface area contributed by atoms with Crippen LogP contribution in [0.15, 0.2) is 24.3 Å². The van der Waals surface area contributed by atoms with Gasteiger partial charge in [0.2, 0.25) is 0 Å². The van der Waals surface area contributed by atoms with Gasteiger partial charge in [-0.2, -0.15) is 0 Å². The van der Waals surface area contributed by atoms with Crippen LogP contribution in [0.1, 0.15) is 20.8 Å². The standard InChI is InChI=1S/C12H20NP.2ClH.Pd/c1-12(2,3)14-11-8-6-10(7-9-11)13(4)5;;;/h6-9,14H,1-5H3;2*1H;/q;;;+2/p-2. The van der Waals surface area contributed by atoms with Crippen LogP contribution in [0.5, 0.6) is 0 Å². The fourth-order valence-corrected chi connectivity index (χ4v) is 2.48. The molecular formula is C12H20Cl2NPPd. The second kappa shape index (κ2) is 8.74. The van der Waals surface area contributed by atoms with Crippen molar-refractivity contribution in [1.29, 1.82) is 0 Å². The molecule has 0 saturated carbocycles. The number of nitrogens with zero attached hydrogens (tertiary/aromatic N) is 1. The third-order valence-corrected chi connectivity index (χ3v) is 3.28. The predicted octanol–water partition coefficient (Wildman–Crippen LogP) is 4.23. The zero-order valence-corrected chi connectivity index (χ0v) is 14.9. The van der Waals surface area contributed by atoms with Crippen LogP contribution in [-0.4, -0.2) is 19.3 Å². The van der Waals surface area contributed by atoms with Gasteiger partial charge in [0.05, 0.1) is 0 Å². The Kier molecular flexibility index (Phi) is 9.09. The summed E-state index contributed by atoms with van der Waals surface area (Å²) in [6.45, 7) is 6.85. The summed E-state index contributed by atoms with van der Waals surface area (Å²) in [4.78, 5) is 2.13. The molecule has 0 saturated heterocycles. The summed E-state index contributed by atoms with van der Waals surface area (Å²) in [5.41, 5.74) is 1.27. The van der Waals surface area contributed by atoms with Gasteiger partial charge in [0.15, 0.2) is 0 Å². The van der Waals surface area contributed by atoms with Crippen LogP contribution in [0.25, 0.3) is 0 Å². The molecule has 0 spiro atoms. The number of hydrogen-bond acceptors (Lipinski definition) is 1. The molecule has 0 N–H and O–H groups in total. The van der Waals surface area contributed by atoms with Gasteiger partial charge in [-0.25, -0.2) is 0 Å². The van der Waals surface area contributed by atoms with Gasteiger partial charge in [0, 0.05) is 19.8 Å². The number of hydrogen-bond donors (Lipinski definition) is 0. The molecule has 1 atom stereocenters. The molecule has 0 aliphatic carbocycles. The summed E-state index contributed by atoms with van der Waals surface area (Å²) in [5, 5.41) is 1.85. The van der Waals surface area contributed by atoms with Crippen molar-refractivity contribution >= 4 is 38.6 Å². The fourth-order valence-electron chi connectivity index (χ4n) is 1.28. The van der Waals surface area contributed by atoms with E-state index in [1.165, 1.54) is 11.0 Å². The third kappa shape index (κ3) is 9.29. The van der Waals surface area contributed by atoms with Crippen molar-refractivity contribution in [2.45, 2.75) is 25.9 Å². The molecule has 1 aromatic rings. The molecule has 0 aromatic heterocycles. The van der Waals surface area contributed by atoms with E-state index in [-0.39, 0.29) is 15.9 Å². The molecule has 0 bridgehead atoms. The average Bonchev–Trinajstić information content (AvgIpc) is 2.17. The molecule has 102 valence electrons. The van der Waals surface area contributed by atoms with Gasteiger partial charge in [0.1, 0.15) is 0 Å². The quantitative estimate of drug-likeness (QED) is 0.543. The second-order valence-electron chi connectivity index (χ2n) is 4.86. The summed E-state index contributed by atoms with van der Waals surface area (Å²) in [6, 6.07) is 8.85. The van der Waals surface area contributed by atoms with Gasteiger partial charge in [-0.1, -0.05) is 41.5 Å². The number of halogens is 2. The molecule has 1 aromatic carbocycles. The Morgan fingerprint density at radius 1 is 1.06 bits per heavy atom. The summed E-state index contributed by atoms with van der Waals surface area (Å²) in [7, 11) is 14.7. The maximum absolute atomic E-state index is 4.81. The van der Waals surface area contributed by atoms with Crippen LogP contribution in [0.2, 0.25) is 0 Å². The Hall–Kier alpha value is 0.692. The van der Waals surface area contributed by atoms with Crippen molar-refractivity contribution < 1.29 is 15.9 Å². The van der Waals surface area contributed by atoms with Crippen LogP contribution in [-0.2, 0) is 15.9 Å². The molecule has 0 radical (unpaired) electrons. The van der Waals surface area contributed by atoms with Crippen molar-refractivity contribution in [3.8, 4) is 0 Å². The van der Waals surface area contributed by atoms with Gasteiger partial charge in [-0.05, 0) is 22.6 Å². The van der Waals surface area contributed by atoms with Gasteiger partial charge in [-0.15, -0.1) is 0 Å². The monoisotopic (exact) mass is 385 g/mol. The van der Waals surface area contributed by atoms with Crippen LogP contribution < -0.4 is 10.2 Å². The van der Waals surface area contributed by atoms with Crippen molar-refractivity contribution in [2.24, 2.45) is 0 Å². The third-order valence-electron chi connectivity index (χ3n) is 1.90. The van der Waals surface area contributed by atoms with Crippen LogP contribution in [0.3, 0.4) is 0 Å². The first-order chi connectivity index (χ1) is 7.80. The Bertz CT molecular complexity index is 309. The van der Waals surface area contributed by atoms with E-state index in [0.29, 0.717) is 5.16 Å². The molecule has 0 fully saturated rings. The topological polar surface area (TPSA) is 3.24 Å². The SMILES string of the molecule is CN(C)c1ccc(PC(C)(C)C)cc1.[Cl][Pd][Cl]. The zero-order chi connectivity index (χ0) is 13.5. The van der Waals surface area contributed by atoms with E-state index in [0.717, 1.165) is 8.58 Å². The molecule has 1 rings (SSSR count). The Balaban J connectivity index is 0.000000770. The summed E-state index contributed by atoms with van der Waals surface area (Å²) in [6.07, 6.45) is 0. The summed E-state index contributed by atoms with van der Waals surface area (Å²) in [5.74, 6) is 0. The van der Waals surface area contributed by atoms with Crippen molar-refractivity contribution in [2.75, 3.05) is 19.0 Å². The zero-order valence-electron chi connectivity index (χ0n) is 10.8. The molecule has 0 amide bonds. The van der Waals surface area contributed by atoms with Gasteiger partial charge in [0.25, 0.3) is 0 Å². The van der Waals surface area contributed by atoms with Crippen LogP contribution in [0, 0.1) is 0 Å². The number of rotatable bonds is 2. The normalized spacial score (nSPS) is 11.5. The molecule has 1 unspecified atom stereocenters. The first-order valence-electron chi connectivity index (χ1n) is 5.18. The first-order valence-corrected chi connectivity index (χ1v) is 10.2. The van der Waals surface area contributed by atoms with E-state index in [1.807, 2.05) is 0 Å². The molecule has 0 aliphatic rings. The van der Waals surface area contributed by atoms with E-state index >= 15 is 0 Å². The van der Waals surface area contributed by atoms with Crippen molar-refractivity contribution in [3.63, 3.8) is 0 Å². The van der Waals surface area contributed by atoms with E-state index < -0.39 is 0 Å². The second-order valence-corrected chi connectivity index (χ2v) is 9.55. The molecule has 1 nitrogen and oxygen atoms in total. The van der Waals surface area contributed by atoms with Crippen molar-refractivity contribution in [3.05, 3.63) is 24.3 Å². The number of benzene rings is 1. The van der Waals surface area contributed by atoms with Gasteiger partial charge < -0.3 is 4.90 Å². The molecule has 5 heteroatoms. The van der Waals surface area contributed by atoms with E-state index in [2.05, 4.69) is 64.0 Å². The van der Waals surface area contributed by atoms with Gasteiger partial charge in [-0.3, -0.25) is 0 Å². The van der Waals surface area contributed by atoms with E-state index in [9.17, 15) is 0 Å². The minimum absolute atomic E-state index is 0.106. The average molecular weight is 387 g/mol. The Morgan fingerprint density at radius 3 is 1.76 bits per heavy atom. The summed E-state index contributed by atoms with van der Waals surface area (Å²) >= 11 is -0.106. The predicted molar refractivity (Wildman–Crippen MR) is 80.2 cm³/mol. The summed E-state index contributed by atoms with van der Waals surface area (Å²) < 4.78 is 0. The fraction of sp³-hybridized carbons (Fsp3) is 0.500. The van der Waals surface area contributed by atoms with Crippen LogP contribution in [0.4, 0.5) is 5.69 Å². The maximum atomic E-state index is 4.81. The molecular weight excluding hydrogens is 366 g/mol. The molecule has 0 heterocycles. The van der Waals surface area contributed by atoms with Crippen LogP contribution >= 0.6 is 27.6 Å². The Labute approximate surface area is 123 Å². The minimum atomic E-state index is -0.106.